The van der Waals surface area contributed by atoms with Gasteiger partial charge in [-0.2, -0.15) is 10.1 Å². The van der Waals surface area contributed by atoms with Gasteiger partial charge in [-0.15, -0.1) is 0 Å². The molecule has 1 aromatic heterocycles. The molecule has 0 bridgehead atoms. The van der Waals surface area contributed by atoms with Crippen LogP contribution in [0, 0.1) is 6.92 Å². The lowest BCUT2D eigenvalue weighted by Crippen LogP contribution is -2.26. The fourth-order valence-corrected chi connectivity index (χ4v) is 3.01. The molecule has 1 saturated heterocycles. The van der Waals surface area contributed by atoms with Gasteiger partial charge in [0.1, 0.15) is 11.0 Å². The minimum atomic E-state index is -0.276. The maximum atomic E-state index is 12.0. The number of halogens is 1. The van der Waals surface area contributed by atoms with E-state index in [1.165, 1.54) is 6.21 Å². The molecule has 0 spiro atoms. The standard InChI is InChI=1S/C18H22ClN7O/c1-12-4-6-13(7-5-12)21-11-15(27)25-22-10-14-16(19)23-18(20)24-17(14)26-8-2-3-9-26/h4-7,10,21H,2-3,8-9,11H2,1H3,(H,25,27)(H2,20,23,24)/b22-10+. The minimum Gasteiger partial charge on any atom is -0.376 e. The Bertz CT molecular complexity index is 832. The van der Waals surface area contributed by atoms with Crippen LogP contribution >= 0.6 is 11.6 Å². The second kappa shape index (κ2) is 8.68. The van der Waals surface area contributed by atoms with E-state index >= 15 is 0 Å². The maximum Gasteiger partial charge on any atom is 0.259 e. The lowest BCUT2D eigenvalue weighted by Gasteiger charge is -2.19. The Balaban J connectivity index is 1.61. The Morgan fingerprint density at radius 3 is 2.70 bits per heavy atom. The summed E-state index contributed by atoms with van der Waals surface area (Å²) in [6.07, 6.45) is 3.62. The monoisotopic (exact) mass is 387 g/mol. The molecule has 1 aliphatic heterocycles. The van der Waals surface area contributed by atoms with Crippen LogP contribution in [-0.2, 0) is 4.79 Å². The molecule has 1 aromatic carbocycles. The van der Waals surface area contributed by atoms with Crippen molar-refractivity contribution < 1.29 is 4.79 Å². The predicted octanol–water partition coefficient (Wildman–Crippen LogP) is 2.18. The van der Waals surface area contributed by atoms with E-state index in [0.29, 0.717) is 11.4 Å². The molecule has 27 heavy (non-hydrogen) atoms. The third-order valence-corrected chi connectivity index (χ3v) is 4.48. The van der Waals surface area contributed by atoms with Crippen LogP contribution in [0.1, 0.15) is 24.0 Å². The summed E-state index contributed by atoms with van der Waals surface area (Å²) < 4.78 is 0. The molecule has 0 aliphatic carbocycles. The van der Waals surface area contributed by atoms with Crippen molar-refractivity contribution >= 4 is 41.2 Å². The van der Waals surface area contributed by atoms with Crippen LogP contribution < -0.4 is 21.4 Å². The van der Waals surface area contributed by atoms with Gasteiger partial charge in [-0.3, -0.25) is 4.79 Å². The van der Waals surface area contributed by atoms with Gasteiger partial charge in [0, 0.05) is 18.8 Å². The summed E-state index contributed by atoms with van der Waals surface area (Å²) in [5, 5.41) is 7.24. The SMILES string of the molecule is Cc1ccc(NCC(=O)N/N=C/c2c(Cl)nc(N)nc2N2CCCC2)cc1. The highest BCUT2D eigenvalue weighted by molar-refractivity contribution is 6.32. The molecule has 2 heterocycles. The van der Waals surface area contributed by atoms with Crippen molar-refractivity contribution in [2.75, 3.05) is 35.6 Å². The minimum absolute atomic E-state index is 0.103. The maximum absolute atomic E-state index is 12.0. The number of hydrogen-bond acceptors (Lipinski definition) is 7. The van der Waals surface area contributed by atoms with E-state index in [-0.39, 0.29) is 23.6 Å². The summed E-state index contributed by atoms with van der Waals surface area (Å²) >= 11 is 6.21. The van der Waals surface area contributed by atoms with E-state index < -0.39 is 0 Å². The molecule has 1 amide bonds. The number of hydrogen-bond donors (Lipinski definition) is 3. The summed E-state index contributed by atoms with van der Waals surface area (Å²) in [6, 6.07) is 7.78. The summed E-state index contributed by atoms with van der Waals surface area (Å²) in [5.74, 6) is 0.480. The van der Waals surface area contributed by atoms with Crippen LogP contribution in [-0.4, -0.2) is 41.7 Å². The van der Waals surface area contributed by atoms with Crippen LogP contribution in [0.3, 0.4) is 0 Å². The molecule has 0 saturated carbocycles. The summed E-state index contributed by atoms with van der Waals surface area (Å²) in [6.45, 7) is 3.86. The summed E-state index contributed by atoms with van der Waals surface area (Å²) in [4.78, 5) is 22.3. The molecular formula is C18H22ClN7O. The quantitative estimate of drug-likeness (QED) is 0.398. The number of aromatic nitrogens is 2. The first-order chi connectivity index (χ1) is 13.0. The number of carbonyl (C=O) groups excluding carboxylic acids is 1. The molecule has 0 atom stereocenters. The predicted molar refractivity (Wildman–Crippen MR) is 108 cm³/mol. The average molecular weight is 388 g/mol. The van der Waals surface area contributed by atoms with Crippen molar-refractivity contribution in [1.29, 1.82) is 0 Å². The number of benzene rings is 1. The number of anilines is 3. The highest BCUT2D eigenvalue weighted by Gasteiger charge is 2.20. The van der Waals surface area contributed by atoms with Crippen molar-refractivity contribution in [3.8, 4) is 0 Å². The summed E-state index contributed by atoms with van der Waals surface area (Å²) in [7, 11) is 0. The number of aryl methyl sites for hydroxylation is 1. The second-order valence-electron chi connectivity index (χ2n) is 6.32. The topological polar surface area (TPSA) is 109 Å². The number of carbonyl (C=O) groups is 1. The Morgan fingerprint density at radius 2 is 2.00 bits per heavy atom. The highest BCUT2D eigenvalue weighted by atomic mass is 35.5. The smallest absolute Gasteiger partial charge is 0.259 e. The van der Waals surface area contributed by atoms with E-state index in [9.17, 15) is 4.79 Å². The Hall–Kier alpha value is -2.87. The van der Waals surface area contributed by atoms with Crippen molar-refractivity contribution in [1.82, 2.24) is 15.4 Å². The zero-order valence-electron chi connectivity index (χ0n) is 15.1. The number of nitrogens with zero attached hydrogens (tertiary/aromatic N) is 4. The van der Waals surface area contributed by atoms with E-state index in [1.807, 2.05) is 31.2 Å². The number of hydrazone groups is 1. The van der Waals surface area contributed by atoms with E-state index in [2.05, 4.69) is 30.7 Å². The lowest BCUT2D eigenvalue weighted by atomic mass is 10.2. The number of nitrogens with two attached hydrogens (primary N) is 1. The second-order valence-corrected chi connectivity index (χ2v) is 6.67. The largest absolute Gasteiger partial charge is 0.376 e. The van der Waals surface area contributed by atoms with E-state index in [1.54, 1.807) is 0 Å². The van der Waals surface area contributed by atoms with Crippen LogP contribution in [0.5, 0.6) is 0 Å². The fourth-order valence-electron chi connectivity index (χ4n) is 2.79. The Labute approximate surface area is 162 Å². The molecule has 1 fully saturated rings. The highest BCUT2D eigenvalue weighted by Crippen LogP contribution is 2.26. The van der Waals surface area contributed by atoms with Crippen molar-refractivity contribution in [3.63, 3.8) is 0 Å². The first-order valence-electron chi connectivity index (χ1n) is 8.73. The number of amides is 1. The van der Waals surface area contributed by atoms with Crippen molar-refractivity contribution in [2.45, 2.75) is 19.8 Å². The van der Waals surface area contributed by atoms with Gasteiger partial charge in [0.25, 0.3) is 5.91 Å². The average Bonchev–Trinajstić information content (AvgIpc) is 3.17. The van der Waals surface area contributed by atoms with Gasteiger partial charge in [-0.1, -0.05) is 29.3 Å². The van der Waals surface area contributed by atoms with Crippen LogP contribution in [0.25, 0.3) is 0 Å². The Morgan fingerprint density at radius 1 is 1.30 bits per heavy atom. The van der Waals surface area contributed by atoms with Gasteiger partial charge in [-0.05, 0) is 31.9 Å². The van der Waals surface area contributed by atoms with E-state index in [0.717, 1.165) is 37.2 Å². The first-order valence-corrected chi connectivity index (χ1v) is 9.11. The van der Waals surface area contributed by atoms with Gasteiger partial charge in [0.2, 0.25) is 5.95 Å². The van der Waals surface area contributed by atoms with Gasteiger partial charge in [0.15, 0.2) is 0 Å². The van der Waals surface area contributed by atoms with Gasteiger partial charge >= 0.3 is 0 Å². The normalized spacial score (nSPS) is 13.9. The lowest BCUT2D eigenvalue weighted by molar-refractivity contribution is -0.119. The molecule has 2 aromatic rings. The molecule has 9 heteroatoms. The molecule has 142 valence electrons. The number of rotatable bonds is 6. The van der Waals surface area contributed by atoms with Crippen LogP contribution in [0.15, 0.2) is 29.4 Å². The van der Waals surface area contributed by atoms with Gasteiger partial charge in [-0.25, -0.2) is 10.4 Å². The summed E-state index contributed by atoms with van der Waals surface area (Å²) in [5.41, 5.74) is 10.8. The molecular weight excluding hydrogens is 366 g/mol. The third-order valence-electron chi connectivity index (χ3n) is 4.19. The van der Waals surface area contributed by atoms with Crippen LogP contribution in [0.2, 0.25) is 5.15 Å². The molecule has 1 aliphatic rings. The fraction of sp³-hybridized carbons (Fsp3) is 0.333. The third kappa shape index (κ3) is 5.07. The molecule has 0 unspecified atom stereocenters. The zero-order chi connectivity index (χ0) is 19.2. The molecule has 0 radical (unpaired) electrons. The number of nitrogen functional groups attached to an aromatic ring is 1. The van der Waals surface area contributed by atoms with Crippen molar-refractivity contribution in [3.05, 3.63) is 40.5 Å². The number of nitrogens with one attached hydrogen (secondary N) is 2. The van der Waals surface area contributed by atoms with Crippen molar-refractivity contribution in [2.24, 2.45) is 5.10 Å². The van der Waals surface area contributed by atoms with Crippen LogP contribution in [0.4, 0.5) is 17.5 Å². The van der Waals surface area contributed by atoms with E-state index in [4.69, 9.17) is 17.3 Å². The van der Waals surface area contributed by atoms with Gasteiger partial charge < -0.3 is 16.0 Å². The molecule has 3 rings (SSSR count). The first kappa shape index (κ1) is 18.9. The molecule has 4 N–H and O–H groups in total. The van der Waals surface area contributed by atoms with Gasteiger partial charge in [0.05, 0.1) is 18.3 Å². The molecule has 8 nitrogen and oxygen atoms in total. The Kier molecular flexibility index (Phi) is 6.08. The zero-order valence-corrected chi connectivity index (χ0v) is 15.8.